The Hall–Kier alpha value is -1.75. The molecule has 132 valence electrons. The lowest BCUT2D eigenvalue weighted by atomic mass is 9.99. The number of nitrogens with one attached hydrogen (secondary N) is 1. The first-order valence-electron chi connectivity index (χ1n) is 8.85. The molecule has 5 heteroatoms. The zero-order valence-corrected chi connectivity index (χ0v) is 15.3. The summed E-state index contributed by atoms with van der Waals surface area (Å²) >= 11 is 0. The third kappa shape index (κ3) is 4.20. The molecule has 1 amide bonds. The Morgan fingerprint density at radius 2 is 2.04 bits per heavy atom. The molecule has 1 saturated heterocycles. The fourth-order valence-electron chi connectivity index (χ4n) is 3.42. The minimum absolute atomic E-state index is 0.219. The van der Waals surface area contributed by atoms with E-state index in [1.54, 1.807) is 4.90 Å². The van der Waals surface area contributed by atoms with E-state index in [0.29, 0.717) is 12.6 Å². The number of carbonyl (C=O) groups is 1. The summed E-state index contributed by atoms with van der Waals surface area (Å²) in [6.07, 6.45) is 1.85. The summed E-state index contributed by atoms with van der Waals surface area (Å²) in [7, 11) is 2.16. The van der Waals surface area contributed by atoms with Crippen LogP contribution in [0.1, 0.15) is 38.3 Å². The first-order chi connectivity index (χ1) is 11.3. The van der Waals surface area contributed by atoms with Gasteiger partial charge in [0.15, 0.2) is 0 Å². The number of rotatable bonds is 2. The van der Waals surface area contributed by atoms with Gasteiger partial charge in [-0.15, -0.1) is 0 Å². The van der Waals surface area contributed by atoms with Gasteiger partial charge < -0.3 is 19.9 Å². The van der Waals surface area contributed by atoms with Crippen molar-refractivity contribution in [2.45, 2.75) is 51.8 Å². The van der Waals surface area contributed by atoms with Gasteiger partial charge >= 0.3 is 6.09 Å². The number of amides is 1. The molecule has 2 heterocycles. The first kappa shape index (κ1) is 17.1. The fraction of sp³-hybridized carbons (Fsp3) is 0.632. The number of likely N-dealkylation sites (N-methyl/N-ethyl adjacent to an activating group) is 1. The van der Waals surface area contributed by atoms with E-state index in [1.165, 1.54) is 17.5 Å². The van der Waals surface area contributed by atoms with E-state index in [4.69, 9.17) is 4.74 Å². The van der Waals surface area contributed by atoms with E-state index in [0.717, 1.165) is 31.7 Å². The highest BCUT2D eigenvalue weighted by molar-refractivity contribution is 5.69. The number of benzene rings is 1. The van der Waals surface area contributed by atoms with Crippen LogP contribution in [-0.2, 0) is 17.7 Å². The zero-order valence-electron chi connectivity index (χ0n) is 15.3. The van der Waals surface area contributed by atoms with Gasteiger partial charge in [-0.25, -0.2) is 4.79 Å². The van der Waals surface area contributed by atoms with Gasteiger partial charge in [0.1, 0.15) is 5.60 Å². The second kappa shape index (κ2) is 6.63. The van der Waals surface area contributed by atoms with Gasteiger partial charge in [-0.2, -0.15) is 0 Å². The molecule has 0 radical (unpaired) electrons. The Morgan fingerprint density at radius 3 is 2.71 bits per heavy atom. The zero-order chi connectivity index (χ0) is 17.3. The molecule has 0 bridgehead atoms. The molecule has 24 heavy (non-hydrogen) atoms. The largest absolute Gasteiger partial charge is 0.444 e. The SMILES string of the molecule is CN1CCC(Nc2ccc3c(c2)CN(C(=O)OC(C)(C)C)CC3)C1. The summed E-state index contributed by atoms with van der Waals surface area (Å²) in [5.41, 5.74) is 3.27. The number of nitrogens with zero attached hydrogens (tertiary/aromatic N) is 2. The summed E-state index contributed by atoms with van der Waals surface area (Å²) < 4.78 is 5.51. The first-order valence-corrected chi connectivity index (χ1v) is 8.85. The quantitative estimate of drug-likeness (QED) is 0.904. The second-order valence-electron chi connectivity index (χ2n) is 8.03. The number of fused-ring (bicyclic) bond motifs is 1. The summed E-state index contributed by atoms with van der Waals surface area (Å²) in [6, 6.07) is 7.08. The lowest BCUT2D eigenvalue weighted by molar-refractivity contribution is 0.0224. The lowest BCUT2D eigenvalue weighted by Gasteiger charge is -2.31. The third-order valence-electron chi connectivity index (χ3n) is 4.63. The topological polar surface area (TPSA) is 44.8 Å². The summed E-state index contributed by atoms with van der Waals surface area (Å²) in [5.74, 6) is 0. The van der Waals surface area contributed by atoms with Crippen molar-refractivity contribution >= 4 is 11.8 Å². The van der Waals surface area contributed by atoms with Crippen LogP contribution in [0.4, 0.5) is 10.5 Å². The molecule has 1 aromatic carbocycles. The van der Waals surface area contributed by atoms with Crippen LogP contribution in [0.2, 0.25) is 0 Å². The molecular weight excluding hydrogens is 302 g/mol. The number of anilines is 1. The molecule has 3 rings (SSSR count). The van der Waals surface area contributed by atoms with E-state index < -0.39 is 5.60 Å². The minimum atomic E-state index is -0.449. The predicted octanol–water partition coefficient (Wildman–Crippen LogP) is 3.10. The maximum atomic E-state index is 12.3. The lowest BCUT2D eigenvalue weighted by Crippen LogP contribution is -2.39. The van der Waals surface area contributed by atoms with E-state index in [9.17, 15) is 4.79 Å². The van der Waals surface area contributed by atoms with E-state index in [2.05, 4.69) is 35.5 Å². The number of hydrogen-bond acceptors (Lipinski definition) is 4. The van der Waals surface area contributed by atoms with E-state index >= 15 is 0 Å². The summed E-state index contributed by atoms with van der Waals surface area (Å²) in [6.45, 7) is 9.30. The highest BCUT2D eigenvalue weighted by atomic mass is 16.6. The average molecular weight is 331 g/mol. The molecular formula is C19H29N3O2. The van der Waals surface area contributed by atoms with Gasteiger partial charge in [-0.3, -0.25) is 0 Å². The standard InChI is InChI=1S/C19H29N3O2/c1-19(2,3)24-18(23)22-10-7-14-5-6-16(11-15(14)12-22)20-17-8-9-21(4)13-17/h5-6,11,17,20H,7-10,12-13H2,1-4H3. The van der Waals surface area contributed by atoms with Crippen molar-refractivity contribution in [3.63, 3.8) is 0 Å². The van der Waals surface area contributed by atoms with E-state index in [1.807, 2.05) is 20.8 Å². The Kier molecular flexibility index (Phi) is 4.72. The molecule has 1 atom stereocenters. The van der Waals surface area contributed by atoms with Gasteiger partial charge in [0, 0.05) is 31.4 Å². The maximum absolute atomic E-state index is 12.3. The number of ether oxygens (including phenoxy) is 1. The van der Waals surface area contributed by atoms with Gasteiger partial charge in [0.2, 0.25) is 0 Å². The molecule has 0 saturated carbocycles. The number of likely N-dealkylation sites (tertiary alicyclic amines) is 1. The van der Waals surface area contributed by atoms with Crippen LogP contribution in [0.25, 0.3) is 0 Å². The average Bonchev–Trinajstić information content (AvgIpc) is 2.90. The Morgan fingerprint density at radius 1 is 1.25 bits per heavy atom. The maximum Gasteiger partial charge on any atom is 0.410 e. The molecule has 5 nitrogen and oxygen atoms in total. The highest BCUT2D eigenvalue weighted by Crippen LogP contribution is 2.25. The molecule has 0 aromatic heterocycles. The molecule has 0 aliphatic carbocycles. The van der Waals surface area contributed by atoms with Crippen LogP contribution in [0.15, 0.2) is 18.2 Å². The molecule has 0 spiro atoms. The molecule has 1 aromatic rings. The third-order valence-corrected chi connectivity index (χ3v) is 4.63. The molecule has 1 N–H and O–H groups in total. The van der Waals surface area contributed by atoms with Crippen LogP contribution in [-0.4, -0.2) is 54.2 Å². The highest BCUT2D eigenvalue weighted by Gasteiger charge is 2.26. The summed E-state index contributed by atoms with van der Waals surface area (Å²) in [5, 5.41) is 3.63. The van der Waals surface area contributed by atoms with Crippen molar-refractivity contribution in [1.82, 2.24) is 9.80 Å². The number of carbonyl (C=O) groups excluding carboxylic acids is 1. The van der Waals surface area contributed by atoms with Crippen LogP contribution in [0.5, 0.6) is 0 Å². The minimum Gasteiger partial charge on any atom is -0.444 e. The normalized spacial score (nSPS) is 21.5. The number of hydrogen-bond donors (Lipinski definition) is 1. The van der Waals surface area contributed by atoms with Crippen LogP contribution in [0, 0.1) is 0 Å². The Bertz CT molecular complexity index is 609. The van der Waals surface area contributed by atoms with Gasteiger partial charge in [-0.05, 0) is 70.5 Å². The fourth-order valence-corrected chi connectivity index (χ4v) is 3.42. The second-order valence-corrected chi connectivity index (χ2v) is 8.03. The van der Waals surface area contributed by atoms with E-state index in [-0.39, 0.29) is 6.09 Å². The smallest absolute Gasteiger partial charge is 0.410 e. The van der Waals surface area contributed by atoms with Crippen molar-refractivity contribution in [2.75, 3.05) is 32.0 Å². The van der Waals surface area contributed by atoms with Crippen LogP contribution < -0.4 is 5.32 Å². The van der Waals surface area contributed by atoms with Crippen molar-refractivity contribution in [1.29, 1.82) is 0 Å². The van der Waals surface area contributed by atoms with Crippen molar-refractivity contribution in [2.24, 2.45) is 0 Å². The van der Waals surface area contributed by atoms with Crippen LogP contribution in [0.3, 0.4) is 0 Å². The monoisotopic (exact) mass is 331 g/mol. The Labute approximate surface area is 145 Å². The predicted molar refractivity (Wildman–Crippen MR) is 96.3 cm³/mol. The molecule has 1 fully saturated rings. The molecule has 2 aliphatic rings. The van der Waals surface area contributed by atoms with Crippen molar-refractivity contribution in [3.8, 4) is 0 Å². The molecule has 2 aliphatic heterocycles. The van der Waals surface area contributed by atoms with Gasteiger partial charge in [-0.1, -0.05) is 6.07 Å². The van der Waals surface area contributed by atoms with Gasteiger partial charge in [0.25, 0.3) is 0 Å². The Balaban J connectivity index is 1.66. The summed E-state index contributed by atoms with van der Waals surface area (Å²) in [4.78, 5) is 16.5. The van der Waals surface area contributed by atoms with Crippen LogP contribution >= 0.6 is 0 Å². The van der Waals surface area contributed by atoms with Gasteiger partial charge in [0.05, 0.1) is 0 Å². The van der Waals surface area contributed by atoms with Crippen molar-refractivity contribution < 1.29 is 9.53 Å². The van der Waals surface area contributed by atoms with Crippen molar-refractivity contribution in [3.05, 3.63) is 29.3 Å². The molecule has 1 unspecified atom stereocenters.